The largest absolute Gasteiger partial charge is 0.368 e. The van der Waals surface area contributed by atoms with Crippen LogP contribution in [-0.2, 0) is 10.5 Å². The summed E-state index contributed by atoms with van der Waals surface area (Å²) < 4.78 is 0. The summed E-state index contributed by atoms with van der Waals surface area (Å²) >= 11 is 1.45. The molecule has 0 aliphatic rings. The molecule has 1 atom stereocenters. The monoisotopic (exact) mass is 346 g/mol. The van der Waals surface area contributed by atoms with Gasteiger partial charge in [0.15, 0.2) is 0 Å². The number of carbonyl (C=O) groups excluding carboxylic acids is 1. The number of nitrogens with one attached hydrogen (secondary N) is 1. The molecule has 8 heteroatoms. The average Bonchev–Trinajstić information content (AvgIpc) is 2.52. The highest BCUT2D eigenvalue weighted by Crippen LogP contribution is 2.19. The van der Waals surface area contributed by atoms with Crippen molar-refractivity contribution in [1.29, 1.82) is 0 Å². The third kappa shape index (κ3) is 5.09. The van der Waals surface area contributed by atoms with Gasteiger partial charge in [0.05, 0.1) is 11.0 Å². The van der Waals surface area contributed by atoms with Gasteiger partial charge >= 0.3 is 0 Å². The van der Waals surface area contributed by atoms with Gasteiger partial charge in [-0.2, -0.15) is 15.0 Å². The highest BCUT2D eigenvalue weighted by Gasteiger charge is 2.15. The number of carbonyl (C=O) groups is 1. The second kappa shape index (κ2) is 7.96. The second-order valence-corrected chi connectivity index (χ2v) is 6.95. The number of aryl methyl sites for hydroxylation is 1. The first-order valence-electron chi connectivity index (χ1n) is 7.52. The smallest absolute Gasteiger partial charge is 0.237 e. The maximum atomic E-state index is 12.3. The Labute approximate surface area is 146 Å². The van der Waals surface area contributed by atoms with E-state index in [-0.39, 0.29) is 17.1 Å². The summed E-state index contributed by atoms with van der Waals surface area (Å²) in [4.78, 5) is 26.5. The molecule has 0 aliphatic carbocycles. The summed E-state index contributed by atoms with van der Waals surface area (Å²) in [6, 6.07) is 7.71. The molecule has 1 aromatic heterocycles. The van der Waals surface area contributed by atoms with E-state index in [9.17, 15) is 4.79 Å². The molecule has 1 aromatic carbocycles. The quantitative estimate of drug-likeness (QED) is 0.826. The highest BCUT2D eigenvalue weighted by atomic mass is 32.2. The van der Waals surface area contributed by atoms with Crippen LogP contribution in [-0.4, -0.2) is 40.2 Å². The molecule has 7 nitrogen and oxygen atoms in total. The molecule has 0 radical (unpaired) electrons. The number of amides is 1. The lowest BCUT2D eigenvalue weighted by Gasteiger charge is -2.13. The van der Waals surface area contributed by atoms with Gasteiger partial charge in [-0.15, -0.1) is 11.8 Å². The fourth-order valence-corrected chi connectivity index (χ4v) is 2.67. The topological polar surface area (TPSA) is 97.0 Å². The number of aromatic nitrogens is 3. The number of nitrogens with two attached hydrogens (primary N) is 1. The molecule has 1 unspecified atom stereocenters. The molecule has 2 rings (SSSR count). The van der Waals surface area contributed by atoms with Crippen LogP contribution in [0.5, 0.6) is 0 Å². The van der Waals surface area contributed by atoms with Crippen LogP contribution in [0, 0.1) is 6.92 Å². The number of rotatable bonds is 6. The van der Waals surface area contributed by atoms with Crippen molar-refractivity contribution in [2.24, 2.45) is 0 Å². The molecule has 1 heterocycles. The molecule has 1 amide bonds. The molecule has 0 saturated carbocycles. The van der Waals surface area contributed by atoms with Crippen LogP contribution in [0.2, 0.25) is 0 Å². The van der Waals surface area contributed by atoms with Crippen LogP contribution in [0.3, 0.4) is 0 Å². The van der Waals surface area contributed by atoms with Crippen LogP contribution < -0.4 is 16.0 Å². The van der Waals surface area contributed by atoms with Crippen molar-refractivity contribution in [2.45, 2.75) is 24.9 Å². The minimum atomic E-state index is -0.244. The molecule has 3 N–H and O–H groups in total. The van der Waals surface area contributed by atoms with Gasteiger partial charge in [0.2, 0.25) is 17.8 Å². The Hall–Kier alpha value is -2.35. The lowest BCUT2D eigenvalue weighted by atomic mass is 10.2. The summed E-state index contributed by atoms with van der Waals surface area (Å²) in [5.41, 5.74) is 7.60. The standard InChI is InChI=1S/C16H22N6OS/c1-10-6-5-7-12(8-10)18-14(23)11(2)24-9-13-19-15(17)21-16(20-13)22(3)4/h5-8,11H,9H2,1-4H3,(H,18,23)(H2,17,19,20,21). The third-order valence-electron chi connectivity index (χ3n) is 3.20. The number of thioether (sulfide) groups is 1. The van der Waals surface area contributed by atoms with Crippen LogP contribution in [0.25, 0.3) is 0 Å². The Kier molecular flexibility index (Phi) is 5.97. The molecule has 128 valence electrons. The van der Waals surface area contributed by atoms with Crippen molar-refractivity contribution in [1.82, 2.24) is 15.0 Å². The zero-order chi connectivity index (χ0) is 17.7. The summed E-state index contributed by atoms with van der Waals surface area (Å²) in [5, 5.41) is 2.67. The van der Waals surface area contributed by atoms with Gasteiger partial charge in [0.25, 0.3) is 0 Å². The highest BCUT2D eigenvalue weighted by molar-refractivity contribution is 7.99. The third-order valence-corrected chi connectivity index (χ3v) is 4.34. The average molecular weight is 346 g/mol. The van der Waals surface area contributed by atoms with Gasteiger partial charge in [-0.1, -0.05) is 12.1 Å². The van der Waals surface area contributed by atoms with Crippen LogP contribution in [0.1, 0.15) is 18.3 Å². The zero-order valence-corrected chi connectivity index (χ0v) is 15.1. The van der Waals surface area contributed by atoms with E-state index in [0.717, 1.165) is 11.3 Å². The maximum absolute atomic E-state index is 12.3. The van der Waals surface area contributed by atoms with Crippen molar-refractivity contribution in [3.05, 3.63) is 35.7 Å². The number of benzene rings is 1. The first kappa shape index (κ1) is 18.0. The second-order valence-electron chi connectivity index (χ2n) is 5.62. The number of hydrogen-bond acceptors (Lipinski definition) is 7. The molecular formula is C16H22N6OS. The van der Waals surface area contributed by atoms with Crippen LogP contribution >= 0.6 is 11.8 Å². The summed E-state index contributed by atoms with van der Waals surface area (Å²) in [7, 11) is 3.67. The van der Waals surface area contributed by atoms with E-state index in [4.69, 9.17) is 5.73 Å². The number of anilines is 3. The lowest BCUT2D eigenvalue weighted by molar-refractivity contribution is -0.115. The number of hydrogen-bond donors (Lipinski definition) is 2. The van der Waals surface area contributed by atoms with Gasteiger partial charge in [0.1, 0.15) is 5.82 Å². The van der Waals surface area contributed by atoms with E-state index >= 15 is 0 Å². The van der Waals surface area contributed by atoms with Crippen molar-refractivity contribution < 1.29 is 4.79 Å². The molecule has 0 fully saturated rings. The molecule has 0 aliphatic heterocycles. The number of nitrogens with zero attached hydrogens (tertiary/aromatic N) is 4. The zero-order valence-electron chi connectivity index (χ0n) is 14.3. The van der Waals surface area contributed by atoms with Gasteiger partial charge in [-0.25, -0.2) is 0 Å². The van der Waals surface area contributed by atoms with Gasteiger partial charge < -0.3 is 16.0 Å². The molecule has 0 saturated heterocycles. The lowest BCUT2D eigenvalue weighted by Crippen LogP contribution is -2.23. The van der Waals surface area contributed by atoms with E-state index in [2.05, 4.69) is 20.3 Å². The molecule has 0 spiro atoms. The molecule has 2 aromatic rings. The summed E-state index contributed by atoms with van der Waals surface area (Å²) in [5.74, 6) is 1.68. The van der Waals surface area contributed by atoms with Crippen LogP contribution in [0.15, 0.2) is 24.3 Å². The van der Waals surface area contributed by atoms with E-state index in [0.29, 0.717) is 17.5 Å². The van der Waals surface area contributed by atoms with Gasteiger partial charge in [-0.3, -0.25) is 4.79 Å². The Balaban J connectivity index is 1.95. The molecule has 0 bridgehead atoms. The maximum Gasteiger partial charge on any atom is 0.237 e. The number of nitrogen functional groups attached to an aromatic ring is 1. The van der Waals surface area contributed by atoms with Crippen molar-refractivity contribution >= 4 is 35.3 Å². The van der Waals surface area contributed by atoms with Crippen molar-refractivity contribution in [3.8, 4) is 0 Å². The first-order chi connectivity index (χ1) is 11.3. The predicted octanol–water partition coefficient (Wildman–Crippen LogP) is 2.09. The van der Waals surface area contributed by atoms with E-state index in [1.165, 1.54) is 11.8 Å². The Bertz CT molecular complexity index is 721. The molecule has 24 heavy (non-hydrogen) atoms. The Morgan fingerprint density at radius 1 is 1.33 bits per heavy atom. The van der Waals surface area contributed by atoms with Crippen molar-refractivity contribution in [3.63, 3.8) is 0 Å². The van der Waals surface area contributed by atoms with E-state index in [1.54, 1.807) is 4.90 Å². The minimum Gasteiger partial charge on any atom is -0.368 e. The Morgan fingerprint density at radius 3 is 2.75 bits per heavy atom. The fourth-order valence-electron chi connectivity index (χ4n) is 1.93. The van der Waals surface area contributed by atoms with Gasteiger partial charge in [-0.05, 0) is 31.5 Å². The predicted molar refractivity (Wildman–Crippen MR) is 99.1 cm³/mol. The summed E-state index contributed by atoms with van der Waals surface area (Å²) in [6.45, 7) is 3.84. The van der Waals surface area contributed by atoms with E-state index < -0.39 is 0 Å². The van der Waals surface area contributed by atoms with E-state index in [1.807, 2.05) is 52.2 Å². The van der Waals surface area contributed by atoms with Crippen LogP contribution in [0.4, 0.5) is 17.6 Å². The SMILES string of the molecule is Cc1cccc(NC(=O)C(C)SCc2nc(N)nc(N(C)C)n2)c1. The fraction of sp³-hybridized carbons (Fsp3) is 0.375. The Morgan fingerprint density at radius 2 is 2.08 bits per heavy atom. The van der Waals surface area contributed by atoms with Crippen molar-refractivity contribution in [2.75, 3.05) is 30.0 Å². The molecular weight excluding hydrogens is 324 g/mol. The van der Waals surface area contributed by atoms with Gasteiger partial charge in [0, 0.05) is 19.8 Å². The first-order valence-corrected chi connectivity index (χ1v) is 8.57. The summed E-state index contributed by atoms with van der Waals surface area (Å²) in [6.07, 6.45) is 0. The normalized spacial score (nSPS) is 11.8. The minimum absolute atomic E-state index is 0.0551.